The fourth-order valence-electron chi connectivity index (χ4n) is 2.25. The van der Waals surface area contributed by atoms with Gasteiger partial charge >= 0.3 is 6.61 Å². The van der Waals surface area contributed by atoms with Gasteiger partial charge < -0.3 is 10.1 Å². The highest BCUT2D eigenvalue weighted by atomic mass is 79.9. The van der Waals surface area contributed by atoms with Crippen LogP contribution in [0, 0.1) is 0 Å². The van der Waals surface area contributed by atoms with E-state index in [1.165, 1.54) is 6.07 Å². The SMILES string of the molecule is O=S1(=O)CCC(NCc2cc(Br)ccc2OC(F)F)CC1. The van der Waals surface area contributed by atoms with Gasteiger partial charge in [-0.1, -0.05) is 15.9 Å². The minimum Gasteiger partial charge on any atom is -0.434 e. The molecule has 1 heterocycles. The molecule has 0 saturated carbocycles. The molecule has 0 bridgehead atoms. The number of hydrogen-bond donors (Lipinski definition) is 1. The first kappa shape index (κ1) is 16.6. The number of sulfone groups is 1. The molecule has 4 nitrogen and oxygen atoms in total. The first-order valence-corrected chi connectivity index (χ1v) is 9.14. The van der Waals surface area contributed by atoms with E-state index in [1.54, 1.807) is 12.1 Å². The highest BCUT2D eigenvalue weighted by Gasteiger charge is 2.23. The average molecular weight is 384 g/mol. The van der Waals surface area contributed by atoms with E-state index in [-0.39, 0.29) is 23.3 Å². The van der Waals surface area contributed by atoms with Gasteiger partial charge in [-0.15, -0.1) is 0 Å². The zero-order valence-electron chi connectivity index (χ0n) is 11.2. The number of rotatable bonds is 5. The van der Waals surface area contributed by atoms with Gasteiger partial charge in [-0.2, -0.15) is 8.78 Å². The van der Waals surface area contributed by atoms with E-state index in [0.717, 1.165) is 4.47 Å². The van der Waals surface area contributed by atoms with Crippen molar-refractivity contribution in [2.24, 2.45) is 0 Å². The normalized spacial score (nSPS) is 18.9. The Balaban J connectivity index is 1.98. The van der Waals surface area contributed by atoms with E-state index in [2.05, 4.69) is 26.0 Å². The summed E-state index contributed by atoms with van der Waals surface area (Å²) in [5.41, 5.74) is 0.609. The Hall–Kier alpha value is -0.730. The van der Waals surface area contributed by atoms with Crippen LogP contribution in [0.1, 0.15) is 18.4 Å². The standard InChI is InChI=1S/C13H16BrF2NO3S/c14-10-1-2-12(20-13(15)16)9(7-10)8-17-11-3-5-21(18,19)6-4-11/h1-2,7,11,13,17H,3-6,8H2. The Morgan fingerprint density at radius 1 is 1.33 bits per heavy atom. The van der Waals surface area contributed by atoms with E-state index in [0.29, 0.717) is 24.9 Å². The molecular formula is C13H16BrF2NO3S. The number of ether oxygens (including phenoxy) is 1. The third-order valence-electron chi connectivity index (χ3n) is 3.37. The zero-order valence-corrected chi connectivity index (χ0v) is 13.6. The van der Waals surface area contributed by atoms with Crippen LogP contribution in [0.15, 0.2) is 22.7 Å². The number of benzene rings is 1. The van der Waals surface area contributed by atoms with Crippen LogP contribution < -0.4 is 10.1 Å². The predicted molar refractivity (Wildman–Crippen MR) is 79.3 cm³/mol. The van der Waals surface area contributed by atoms with Gasteiger partial charge in [0, 0.05) is 22.6 Å². The highest BCUT2D eigenvalue weighted by molar-refractivity contribution is 9.10. The van der Waals surface area contributed by atoms with E-state index in [4.69, 9.17) is 0 Å². The van der Waals surface area contributed by atoms with Crippen LogP contribution in [0.4, 0.5) is 8.78 Å². The van der Waals surface area contributed by atoms with Crippen LogP contribution in [0.3, 0.4) is 0 Å². The Morgan fingerprint density at radius 2 is 2.00 bits per heavy atom. The summed E-state index contributed by atoms with van der Waals surface area (Å²) in [5.74, 6) is 0.469. The lowest BCUT2D eigenvalue weighted by atomic mass is 10.1. The Labute approximate surface area is 130 Å². The minimum atomic E-state index is -2.90. The maximum atomic E-state index is 12.4. The second kappa shape index (κ2) is 7.02. The summed E-state index contributed by atoms with van der Waals surface area (Å²) in [7, 11) is -2.90. The Kier molecular flexibility index (Phi) is 5.56. The molecule has 1 aromatic carbocycles. The molecule has 1 aliphatic heterocycles. The Morgan fingerprint density at radius 3 is 2.62 bits per heavy atom. The molecule has 1 fully saturated rings. The fraction of sp³-hybridized carbons (Fsp3) is 0.538. The van der Waals surface area contributed by atoms with Crippen molar-refractivity contribution in [2.75, 3.05) is 11.5 Å². The summed E-state index contributed by atoms with van der Waals surface area (Å²) in [6.45, 7) is -2.52. The first-order chi connectivity index (χ1) is 9.85. The topological polar surface area (TPSA) is 55.4 Å². The number of nitrogens with one attached hydrogen (secondary N) is 1. The summed E-state index contributed by atoms with van der Waals surface area (Å²) in [4.78, 5) is 0. The molecule has 1 N–H and O–H groups in total. The lowest BCUT2D eigenvalue weighted by Gasteiger charge is -2.23. The van der Waals surface area contributed by atoms with Gasteiger partial charge in [0.15, 0.2) is 0 Å². The van der Waals surface area contributed by atoms with Crippen molar-refractivity contribution < 1.29 is 21.9 Å². The molecule has 2 rings (SSSR count). The van der Waals surface area contributed by atoms with Gasteiger partial charge in [-0.25, -0.2) is 8.42 Å². The van der Waals surface area contributed by atoms with Crippen molar-refractivity contribution in [3.63, 3.8) is 0 Å². The highest BCUT2D eigenvalue weighted by Crippen LogP contribution is 2.25. The molecular weight excluding hydrogens is 368 g/mol. The first-order valence-electron chi connectivity index (χ1n) is 6.53. The fourth-order valence-corrected chi connectivity index (χ4v) is 4.15. The van der Waals surface area contributed by atoms with Crippen LogP contribution in [-0.2, 0) is 16.4 Å². The van der Waals surface area contributed by atoms with Crippen molar-refractivity contribution in [1.29, 1.82) is 0 Å². The molecule has 0 atom stereocenters. The summed E-state index contributed by atoms with van der Waals surface area (Å²) in [6.07, 6.45) is 1.09. The molecule has 1 aromatic rings. The third kappa shape index (κ3) is 5.19. The van der Waals surface area contributed by atoms with E-state index in [9.17, 15) is 17.2 Å². The van der Waals surface area contributed by atoms with Crippen LogP contribution in [-0.4, -0.2) is 32.6 Å². The molecule has 0 aromatic heterocycles. The second-order valence-corrected chi connectivity index (χ2v) is 8.16. The zero-order chi connectivity index (χ0) is 15.5. The van der Waals surface area contributed by atoms with E-state index >= 15 is 0 Å². The molecule has 21 heavy (non-hydrogen) atoms. The molecule has 0 radical (unpaired) electrons. The third-order valence-corrected chi connectivity index (χ3v) is 5.58. The van der Waals surface area contributed by atoms with Crippen molar-refractivity contribution in [3.05, 3.63) is 28.2 Å². The summed E-state index contributed by atoms with van der Waals surface area (Å²) >= 11 is 3.29. The van der Waals surface area contributed by atoms with Gasteiger partial charge in [-0.3, -0.25) is 0 Å². The van der Waals surface area contributed by atoms with Gasteiger partial charge in [0.2, 0.25) is 0 Å². The molecule has 0 unspecified atom stereocenters. The molecule has 0 amide bonds. The van der Waals surface area contributed by atoms with Crippen LogP contribution in [0.5, 0.6) is 5.75 Å². The number of halogens is 3. The van der Waals surface area contributed by atoms with E-state index < -0.39 is 16.4 Å². The monoisotopic (exact) mass is 383 g/mol. The smallest absolute Gasteiger partial charge is 0.387 e. The van der Waals surface area contributed by atoms with Crippen LogP contribution >= 0.6 is 15.9 Å². The second-order valence-electron chi connectivity index (χ2n) is 4.94. The summed E-state index contributed by atoms with van der Waals surface area (Å²) in [5, 5.41) is 3.21. The molecule has 1 aliphatic rings. The molecule has 8 heteroatoms. The van der Waals surface area contributed by atoms with Crippen molar-refractivity contribution in [3.8, 4) is 5.75 Å². The molecule has 0 aliphatic carbocycles. The average Bonchev–Trinajstić information content (AvgIpc) is 2.40. The van der Waals surface area contributed by atoms with Crippen molar-refractivity contribution in [2.45, 2.75) is 32.0 Å². The van der Waals surface area contributed by atoms with Gasteiger partial charge in [0.05, 0.1) is 11.5 Å². The largest absolute Gasteiger partial charge is 0.434 e. The lowest BCUT2D eigenvalue weighted by Crippen LogP contribution is -2.37. The van der Waals surface area contributed by atoms with Gasteiger partial charge in [-0.05, 0) is 31.0 Å². The van der Waals surface area contributed by atoms with Gasteiger partial charge in [0.1, 0.15) is 15.6 Å². The lowest BCUT2D eigenvalue weighted by molar-refractivity contribution is -0.0505. The van der Waals surface area contributed by atoms with Crippen LogP contribution in [0.25, 0.3) is 0 Å². The van der Waals surface area contributed by atoms with E-state index in [1.807, 2.05) is 0 Å². The molecule has 0 spiro atoms. The summed E-state index contributed by atoms with van der Waals surface area (Å²) < 4.78 is 52.7. The molecule has 118 valence electrons. The maximum Gasteiger partial charge on any atom is 0.387 e. The molecule has 1 saturated heterocycles. The number of alkyl halides is 2. The van der Waals surface area contributed by atoms with Crippen molar-refractivity contribution in [1.82, 2.24) is 5.32 Å². The minimum absolute atomic E-state index is 0.0758. The van der Waals surface area contributed by atoms with Crippen molar-refractivity contribution >= 4 is 25.8 Å². The van der Waals surface area contributed by atoms with Crippen LogP contribution in [0.2, 0.25) is 0 Å². The predicted octanol–water partition coefficient (Wildman–Crippen LogP) is 2.72. The van der Waals surface area contributed by atoms with Gasteiger partial charge in [0.25, 0.3) is 0 Å². The maximum absolute atomic E-state index is 12.4. The Bertz CT molecular complexity index is 581. The number of hydrogen-bond acceptors (Lipinski definition) is 4. The summed E-state index contributed by atoms with van der Waals surface area (Å²) in [6, 6.07) is 4.91. The quantitative estimate of drug-likeness (QED) is 0.849.